The van der Waals surface area contributed by atoms with Gasteiger partial charge in [0.2, 0.25) is 5.88 Å². The lowest BCUT2D eigenvalue weighted by Gasteiger charge is -2.28. The van der Waals surface area contributed by atoms with Gasteiger partial charge in [0.15, 0.2) is 0 Å². The van der Waals surface area contributed by atoms with Crippen LogP contribution in [-0.4, -0.2) is 0 Å². The second kappa shape index (κ2) is 9.46. The molecule has 0 saturated heterocycles. The largest absolute Gasteiger partial charge is 0.486 e. The maximum absolute atomic E-state index is 9.94. The highest BCUT2D eigenvalue weighted by atomic mass is 79.9. The van der Waals surface area contributed by atoms with E-state index in [4.69, 9.17) is 15.2 Å². The molecule has 1 atom stereocenters. The summed E-state index contributed by atoms with van der Waals surface area (Å²) in [6, 6.07) is 27.5. The molecule has 0 aromatic heterocycles. The molecule has 1 aliphatic heterocycles. The summed E-state index contributed by atoms with van der Waals surface area (Å²) in [4.78, 5) is 0. The Kier molecular flexibility index (Phi) is 6.21. The van der Waals surface area contributed by atoms with E-state index in [0.717, 1.165) is 27.5 Å². The summed E-state index contributed by atoms with van der Waals surface area (Å²) in [5, 5.41) is 21.3. The molecule has 5 rings (SSSR count). The fraction of sp³-hybridized carbons (Fsp3) is 0.0714. The predicted molar refractivity (Wildman–Crippen MR) is 141 cm³/mol. The highest BCUT2D eigenvalue weighted by Gasteiger charge is 2.32. The Balaban J connectivity index is 1.57. The molecule has 0 radical (unpaired) electrons. The number of hydrogen-bond acceptors (Lipinski definition) is 5. The third-order valence-electron chi connectivity index (χ3n) is 5.97. The van der Waals surface area contributed by atoms with Crippen LogP contribution in [0.2, 0.25) is 0 Å². The van der Waals surface area contributed by atoms with Crippen LogP contribution in [0.4, 0.5) is 0 Å². The Morgan fingerprint density at radius 2 is 1.63 bits per heavy atom. The second-order valence-corrected chi connectivity index (χ2v) is 9.71. The van der Waals surface area contributed by atoms with Crippen LogP contribution in [0.5, 0.6) is 11.5 Å². The normalized spacial score (nSPS) is 14.6. The first-order valence-electron chi connectivity index (χ1n) is 10.7. The number of nitriles is 2. The Morgan fingerprint density at radius 3 is 2.37 bits per heavy atom. The summed E-state index contributed by atoms with van der Waals surface area (Å²) in [7, 11) is 0. The molecule has 4 aromatic rings. The number of fused-ring (bicyclic) bond motifs is 3. The standard InChI is InChI=1S/C28H17Br2N3O2/c29-23-11-19(12-24(30)27(23)34-15-18-7-2-1-6-17(18)13-31)25-21-10-9-16-5-3-4-8-20(16)26(21)35-28(33)22(25)14-32/h1-12,25H,15,33H2/t25-/m1/s1. The average molecular weight is 587 g/mol. The molecule has 0 fully saturated rings. The Morgan fingerprint density at radius 1 is 0.914 bits per heavy atom. The first-order valence-corrected chi connectivity index (χ1v) is 12.3. The Bertz CT molecular complexity index is 1580. The number of ether oxygens (including phenoxy) is 2. The first-order chi connectivity index (χ1) is 17.0. The van der Waals surface area contributed by atoms with Gasteiger partial charge in [-0.15, -0.1) is 0 Å². The zero-order valence-electron chi connectivity index (χ0n) is 18.3. The van der Waals surface area contributed by atoms with Gasteiger partial charge < -0.3 is 15.2 Å². The third kappa shape index (κ3) is 4.14. The van der Waals surface area contributed by atoms with Crippen molar-refractivity contribution in [3.05, 3.63) is 115 Å². The van der Waals surface area contributed by atoms with Crippen molar-refractivity contribution in [2.75, 3.05) is 0 Å². The molecule has 0 spiro atoms. The smallest absolute Gasteiger partial charge is 0.205 e. The van der Waals surface area contributed by atoms with E-state index in [1.165, 1.54) is 0 Å². The molecular formula is C28H17Br2N3O2. The predicted octanol–water partition coefficient (Wildman–Crippen LogP) is 7.03. The Hall–Kier alpha value is -3.78. The summed E-state index contributed by atoms with van der Waals surface area (Å²) in [6.45, 7) is 0.239. The zero-order chi connectivity index (χ0) is 24.5. The van der Waals surface area contributed by atoms with Gasteiger partial charge in [0, 0.05) is 16.5 Å². The monoisotopic (exact) mass is 585 g/mol. The van der Waals surface area contributed by atoms with E-state index in [9.17, 15) is 10.5 Å². The van der Waals surface area contributed by atoms with Gasteiger partial charge in [-0.3, -0.25) is 0 Å². The molecule has 1 aliphatic rings. The number of halogens is 2. The summed E-state index contributed by atoms with van der Waals surface area (Å²) >= 11 is 7.26. The second-order valence-electron chi connectivity index (χ2n) is 8.00. The number of nitrogens with zero attached hydrogens (tertiary/aromatic N) is 2. The highest BCUT2D eigenvalue weighted by molar-refractivity contribution is 9.11. The third-order valence-corrected chi connectivity index (χ3v) is 7.15. The van der Waals surface area contributed by atoms with Crippen LogP contribution in [0, 0.1) is 22.7 Å². The van der Waals surface area contributed by atoms with E-state index in [-0.39, 0.29) is 12.5 Å². The molecular weight excluding hydrogens is 570 g/mol. The molecule has 2 N–H and O–H groups in total. The van der Waals surface area contributed by atoms with Gasteiger partial charge in [-0.1, -0.05) is 54.6 Å². The Labute approximate surface area is 219 Å². The molecule has 0 amide bonds. The molecule has 0 unspecified atom stereocenters. The molecule has 0 aliphatic carbocycles. The van der Waals surface area contributed by atoms with Gasteiger partial charge in [-0.2, -0.15) is 10.5 Å². The molecule has 4 aromatic carbocycles. The maximum atomic E-state index is 9.94. The van der Waals surface area contributed by atoms with Gasteiger partial charge in [0.25, 0.3) is 0 Å². The number of nitrogens with two attached hydrogens (primary N) is 1. The van der Waals surface area contributed by atoms with Crippen molar-refractivity contribution in [1.82, 2.24) is 0 Å². The zero-order valence-corrected chi connectivity index (χ0v) is 21.4. The van der Waals surface area contributed by atoms with Crippen molar-refractivity contribution in [3.8, 4) is 23.6 Å². The highest BCUT2D eigenvalue weighted by Crippen LogP contribution is 2.47. The lowest BCUT2D eigenvalue weighted by Crippen LogP contribution is -2.21. The molecule has 1 heterocycles. The van der Waals surface area contributed by atoms with Crippen molar-refractivity contribution >= 4 is 42.6 Å². The van der Waals surface area contributed by atoms with Gasteiger partial charge in [0.05, 0.1) is 26.5 Å². The molecule has 35 heavy (non-hydrogen) atoms. The van der Waals surface area contributed by atoms with Crippen LogP contribution < -0.4 is 15.2 Å². The van der Waals surface area contributed by atoms with Crippen molar-refractivity contribution in [3.63, 3.8) is 0 Å². The van der Waals surface area contributed by atoms with Crippen LogP contribution in [-0.2, 0) is 6.61 Å². The topological polar surface area (TPSA) is 92.1 Å². The molecule has 5 nitrogen and oxygen atoms in total. The molecule has 170 valence electrons. The van der Waals surface area contributed by atoms with Gasteiger partial charge in [0.1, 0.15) is 29.7 Å². The van der Waals surface area contributed by atoms with Gasteiger partial charge in [-0.25, -0.2) is 0 Å². The lowest BCUT2D eigenvalue weighted by atomic mass is 9.82. The van der Waals surface area contributed by atoms with Crippen molar-refractivity contribution in [2.24, 2.45) is 5.73 Å². The molecule has 0 saturated carbocycles. The molecule has 7 heteroatoms. The van der Waals surface area contributed by atoms with E-state index in [1.807, 2.05) is 66.7 Å². The van der Waals surface area contributed by atoms with E-state index < -0.39 is 5.92 Å². The van der Waals surface area contributed by atoms with E-state index in [0.29, 0.717) is 31.6 Å². The van der Waals surface area contributed by atoms with E-state index in [2.05, 4.69) is 44.0 Å². The maximum Gasteiger partial charge on any atom is 0.205 e. The minimum atomic E-state index is -0.408. The van der Waals surface area contributed by atoms with E-state index in [1.54, 1.807) is 6.07 Å². The van der Waals surface area contributed by atoms with Gasteiger partial charge >= 0.3 is 0 Å². The quantitative estimate of drug-likeness (QED) is 0.277. The lowest BCUT2D eigenvalue weighted by molar-refractivity contribution is 0.302. The first kappa shape index (κ1) is 23.0. The average Bonchev–Trinajstić information content (AvgIpc) is 2.87. The fourth-order valence-corrected chi connectivity index (χ4v) is 5.77. The van der Waals surface area contributed by atoms with Gasteiger partial charge in [-0.05, 0) is 61.0 Å². The van der Waals surface area contributed by atoms with Crippen molar-refractivity contribution in [2.45, 2.75) is 12.5 Å². The number of rotatable bonds is 4. The van der Waals surface area contributed by atoms with Crippen LogP contribution in [0.15, 0.2) is 93.2 Å². The number of hydrogen-bond donors (Lipinski definition) is 1. The SMILES string of the molecule is N#CC1=C(N)Oc2c(ccc3ccccc23)[C@H]1c1cc(Br)c(OCc2ccccc2C#N)c(Br)c1. The summed E-state index contributed by atoms with van der Waals surface area (Å²) in [6.07, 6.45) is 0. The van der Waals surface area contributed by atoms with E-state index >= 15 is 0 Å². The van der Waals surface area contributed by atoms with Crippen LogP contribution >= 0.6 is 31.9 Å². The van der Waals surface area contributed by atoms with Crippen LogP contribution in [0.25, 0.3) is 10.8 Å². The fourth-order valence-electron chi connectivity index (χ4n) is 4.32. The van der Waals surface area contributed by atoms with Crippen molar-refractivity contribution in [1.29, 1.82) is 10.5 Å². The minimum absolute atomic E-state index is 0.0991. The summed E-state index contributed by atoms with van der Waals surface area (Å²) < 4.78 is 13.4. The number of allylic oxidation sites excluding steroid dienone is 1. The van der Waals surface area contributed by atoms with Crippen LogP contribution in [0.3, 0.4) is 0 Å². The number of benzene rings is 4. The van der Waals surface area contributed by atoms with Crippen molar-refractivity contribution < 1.29 is 9.47 Å². The summed E-state index contributed by atoms with van der Waals surface area (Å²) in [5.41, 5.74) is 9.67. The molecule has 0 bridgehead atoms. The minimum Gasteiger partial charge on any atom is -0.486 e. The summed E-state index contributed by atoms with van der Waals surface area (Å²) in [5.74, 6) is 0.949. The van der Waals surface area contributed by atoms with Crippen LogP contribution in [0.1, 0.15) is 28.2 Å².